The van der Waals surface area contributed by atoms with Gasteiger partial charge in [-0.3, -0.25) is 9.69 Å². The Balaban J connectivity index is 2.68. The van der Waals surface area contributed by atoms with Crippen molar-refractivity contribution in [3.8, 4) is 5.75 Å². The molecule has 0 fully saturated rings. The Morgan fingerprint density at radius 3 is 2.57 bits per heavy atom. The standard InChI is InChI=1S/C15H22N2O4/c1-10(2)13(14(18)19)9-16-15(20)17(3)11-6-5-7-12(8-11)21-4/h5-8,10,13H,9H2,1-4H3,(H,16,20)(H,18,19). The number of nitrogens with one attached hydrogen (secondary N) is 1. The Hall–Kier alpha value is -2.24. The highest BCUT2D eigenvalue weighted by atomic mass is 16.5. The fourth-order valence-corrected chi connectivity index (χ4v) is 1.86. The monoisotopic (exact) mass is 294 g/mol. The number of methoxy groups -OCH3 is 1. The number of aliphatic carboxylic acids is 1. The van der Waals surface area contributed by atoms with Crippen LogP contribution in [0.4, 0.5) is 10.5 Å². The van der Waals surface area contributed by atoms with Gasteiger partial charge >= 0.3 is 12.0 Å². The van der Waals surface area contributed by atoms with Crippen LogP contribution in [0.5, 0.6) is 5.75 Å². The van der Waals surface area contributed by atoms with Crippen LogP contribution in [0.1, 0.15) is 13.8 Å². The van der Waals surface area contributed by atoms with Crippen molar-refractivity contribution in [1.29, 1.82) is 0 Å². The van der Waals surface area contributed by atoms with Crippen LogP contribution in [0.2, 0.25) is 0 Å². The lowest BCUT2D eigenvalue weighted by Crippen LogP contribution is -2.42. The highest BCUT2D eigenvalue weighted by Gasteiger charge is 2.23. The van der Waals surface area contributed by atoms with E-state index < -0.39 is 11.9 Å². The molecular formula is C15H22N2O4. The number of ether oxygens (including phenoxy) is 1. The fraction of sp³-hybridized carbons (Fsp3) is 0.467. The van der Waals surface area contributed by atoms with E-state index in [4.69, 9.17) is 9.84 Å². The predicted octanol–water partition coefficient (Wildman–Crippen LogP) is 2.20. The summed E-state index contributed by atoms with van der Waals surface area (Å²) in [6, 6.07) is 6.73. The second-order valence-electron chi connectivity index (χ2n) is 5.14. The van der Waals surface area contributed by atoms with Crippen molar-refractivity contribution in [1.82, 2.24) is 5.32 Å². The van der Waals surface area contributed by atoms with Gasteiger partial charge in [0.25, 0.3) is 0 Å². The second-order valence-corrected chi connectivity index (χ2v) is 5.14. The SMILES string of the molecule is COc1cccc(N(C)C(=O)NCC(C(=O)O)C(C)C)c1. The zero-order chi connectivity index (χ0) is 16.0. The molecule has 0 aliphatic heterocycles. The molecule has 0 radical (unpaired) electrons. The highest BCUT2D eigenvalue weighted by Crippen LogP contribution is 2.20. The number of carbonyl (C=O) groups excluding carboxylic acids is 1. The van der Waals surface area contributed by atoms with Crippen LogP contribution in [-0.4, -0.2) is 37.8 Å². The number of carboxylic acids is 1. The lowest BCUT2D eigenvalue weighted by Gasteiger charge is -2.21. The fourth-order valence-electron chi connectivity index (χ4n) is 1.86. The number of hydrogen-bond acceptors (Lipinski definition) is 3. The average Bonchev–Trinajstić information content (AvgIpc) is 2.45. The minimum atomic E-state index is -0.908. The minimum Gasteiger partial charge on any atom is -0.497 e. The average molecular weight is 294 g/mol. The summed E-state index contributed by atoms with van der Waals surface area (Å²) < 4.78 is 5.11. The third-order valence-corrected chi connectivity index (χ3v) is 3.34. The molecule has 6 heteroatoms. The van der Waals surface area contributed by atoms with Crippen molar-refractivity contribution >= 4 is 17.7 Å². The van der Waals surface area contributed by atoms with Crippen LogP contribution in [0.3, 0.4) is 0 Å². The van der Waals surface area contributed by atoms with Crippen LogP contribution in [0.15, 0.2) is 24.3 Å². The molecule has 1 unspecified atom stereocenters. The van der Waals surface area contributed by atoms with E-state index in [1.165, 1.54) is 4.90 Å². The molecule has 0 bridgehead atoms. The summed E-state index contributed by atoms with van der Waals surface area (Å²) in [6.07, 6.45) is 0. The number of carbonyl (C=O) groups is 2. The van der Waals surface area contributed by atoms with Crippen LogP contribution in [0, 0.1) is 11.8 Å². The third kappa shape index (κ3) is 4.66. The van der Waals surface area contributed by atoms with Gasteiger partial charge in [0.2, 0.25) is 0 Å². The van der Waals surface area contributed by atoms with Crippen LogP contribution in [0.25, 0.3) is 0 Å². The molecule has 1 rings (SSSR count). The summed E-state index contributed by atoms with van der Waals surface area (Å²) in [5.41, 5.74) is 0.670. The number of urea groups is 1. The van der Waals surface area contributed by atoms with Gasteiger partial charge < -0.3 is 15.2 Å². The molecule has 0 spiro atoms. The molecule has 1 aromatic rings. The van der Waals surface area contributed by atoms with Gasteiger partial charge in [-0.1, -0.05) is 19.9 Å². The molecular weight excluding hydrogens is 272 g/mol. The Morgan fingerprint density at radius 2 is 2.05 bits per heavy atom. The van der Waals surface area contributed by atoms with Crippen molar-refractivity contribution in [2.24, 2.45) is 11.8 Å². The van der Waals surface area contributed by atoms with E-state index in [-0.39, 0.29) is 18.5 Å². The molecule has 6 nitrogen and oxygen atoms in total. The van der Waals surface area contributed by atoms with E-state index in [1.54, 1.807) is 38.4 Å². The van der Waals surface area contributed by atoms with Gasteiger partial charge in [-0.05, 0) is 18.1 Å². The maximum atomic E-state index is 12.1. The van der Waals surface area contributed by atoms with E-state index in [9.17, 15) is 9.59 Å². The second kappa shape index (κ2) is 7.52. The van der Waals surface area contributed by atoms with Gasteiger partial charge in [0.1, 0.15) is 5.75 Å². The van der Waals surface area contributed by atoms with Gasteiger partial charge in [0, 0.05) is 25.3 Å². The first-order valence-corrected chi connectivity index (χ1v) is 6.75. The molecule has 0 aliphatic rings. The Bertz CT molecular complexity index is 502. The number of carboxylic acid groups (broad SMARTS) is 1. The normalized spacial score (nSPS) is 11.9. The predicted molar refractivity (Wildman–Crippen MR) is 80.8 cm³/mol. The number of amides is 2. The summed E-state index contributed by atoms with van der Waals surface area (Å²) in [5.74, 6) is -0.912. The molecule has 1 atom stereocenters. The topological polar surface area (TPSA) is 78.9 Å². The summed E-state index contributed by atoms with van der Waals surface area (Å²) in [6.45, 7) is 3.73. The number of anilines is 1. The molecule has 116 valence electrons. The van der Waals surface area contributed by atoms with E-state index in [0.29, 0.717) is 11.4 Å². The molecule has 0 saturated carbocycles. The molecule has 2 N–H and O–H groups in total. The zero-order valence-corrected chi connectivity index (χ0v) is 12.8. The van der Waals surface area contributed by atoms with Gasteiger partial charge in [-0.2, -0.15) is 0 Å². The third-order valence-electron chi connectivity index (χ3n) is 3.34. The van der Waals surface area contributed by atoms with E-state index in [1.807, 2.05) is 13.8 Å². The van der Waals surface area contributed by atoms with E-state index in [0.717, 1.165) is 0 Å². The molecule has 0 heterocycles. The Morgan fingerprint density at radius 1 is 1.38 bits per heavy atom. The molecule has 2 amide bonds. The summed E-state index contributed by atoms with van der Waals surface area (Å²) >= 11 is 0. The molecule has 0 aliphatic carbocycles. The van der Waals surface area contributed by atoms with Crippen molar-refractivity contribution < 1.29 is 19.4 Å². The lowest BCUT2D eigenvalue weighted by molar-refractivity contribution is -0.142. The first kappa shape index (κ1) is 16.8. The van der Waals surface area contributed by atoms with Gasteiger partial charge in [0.15, 0.2) is 0 Å². The van der Waals surface area contributed by atoms with E-state index in [2.05, 4.69) is 5.32 Å². The highest BCUT2D eigenvalue weighted by molar-refractivity contribution is 5.91. The number of benzene rings is 1. The van der Waals surface area contributed by atoms with Gasteiger partial charge in [0.05, 0.1) is 13.0 Å². The van der Waals surface area contributed by atoms with Gasteiger partial charge in [-0.25, -0.2) is 4.79 Å². The molecule has 0 aromatic heterocycles. The zero-order valence-electron chi connectivity index (χ0n) is 12.8. The number of rotatable bonds is 6. The van der Waals surface area contributed by atoms with E-state index >= 15 is 0 Å². The maximum absolute atomic E-state index is 12.1. The van der Waals surface area contributed by atoms with Crippen LogP contribution >= 0.6 is 0 Å². The quantitative estimate of drug-likeness (QED) is 0.843. The van der Waals surface area contributed by atoms with Crippen molar-refractivity contribution in [3.63, 3.8) is 0 Å². The number of hydrogen-bond donors (Lipinski definition) is 2. The molecule has 1 aromatic carbocycles. The largest absolute Gasteiger partial charge is 0.497 e. The Kier molecular flexibility index (Phi) is 6.02. The van der Waals surface area contributed by atoms with Gasteiger partial charge in [-0.15, -0.1) is 0 Å². The summed E-state index contributed by atoms with van der Waals surface area (Å²) in [7, 11) is 3.18. The van der Waals surface area contributed by atoms with Crippen molar-refractivity contribution in [2.75, 3.05) is 25.6 Å². The number of nitrogens with zero attached hydrogens (tertiary/aromatic N) is 1. The Labute approximate surface area is 124 Å². The van der Waals surface area contributed by atoms with Crippen molar-refractivity contribution in [2.45, 2.75) is 13.8 Å². The molecule has 21 heavy (non-hydrogen) atoms. The first-order chi connectivity index (χ1) is 9.86. The lowest BCUT2D eigenvalue weighted by atomic mass is 9.96. The smallest absolute Gasteiger partial charge is 0.321 e. The minimum absolute atomic E-state index is 0.0510. The first-order valence-electron chi connectivity index (χ1n) is 6.75. The van der Waals surface area contributed by atoms with Crippen LogP contribution in [-0.2, 0) is 4.79 Å². The van der Waals surface area contributed by atoms with Crippen molar-refractivity contribution in [3.05, 3.63) is 24.3 Å². The summed E-state index contributed by atoms with van der Waals surface area (Å²) in [5, 5.41) is 11.7. The maximum Gasteiger partial charge on any atom is 0.321 e. The summed E-state index contributed by atoms with van der Waals surface area (Å²) in [4.78, 5) is 24.6. The van der Waals surface area contributed by atoms with Crippen LogP contribution < -0.4 is 15.0 Å². The molecule has 0 saturated heterocycles.